The number of thiophene rings is 1. The number of aromatic amines is 1. The summed E-state index contributed by atoms with van der Waals surface area (Å²) in [6.45, 7) is 3.28. The number of urea groups is 1. The lowest BCUT2D eigenvalue weighted by Gasteiger charge is -2.35. The van der Waals surface area contributed by atoms with Crippen LogP contribution in [0.1, 0.15) is 5.82 Å². The van der Waals surface area contributed by atoms with E-state index >= 15 is 0 Å². The summed E-state index contributed by atoms with van der Waals surface area (Å²) in [5.41, 5.74) is 1.34. The monoisotopic (exact) mass is 415 g/mol. The molecule has 0 radical (unpaired) electrons. The third kappa shape index (κ3) is 4.15. The van der Waals surface area contributed by atoms with Crippen LogP contribution in [0.4, 0.5) is 9.18 Å². The number of nitrogens with zero attached hydrogens (tertiary/aromatic N) is 4. The summed E-state index contributed by atoms with van der Waals surface area (Å²) in [5.74, 6) is 0.318. The van der Waals surface area contributed by atoms with Crippen LogP contribution in [-0.4, -0.2) is 71.0 Å². The van der Waals surface area contributed by atoms with E-state index in [1.165, 1.54) is 23.5 Å². The molecule has 152 valence electrons. The second kappa shape index (κ2) is 7.92. The van der Waals surface area contributed by atoms with E-state index in [1.807, 2.05) is 11.0 Å². The van der Waals surface area contributed by atoms with Crippen LogP contribution in [0.5, 0.6) is 0 Å². The Bertz CT molecular complexity index is 1080. The van der Waals surface area contributed by atoms with Crippen LogP contribution in [0.2, 0.25) is 0 Å². The summed E-state index contributed by atoms with van der Waals surface area (Å²) in [6.07, 6.45) is 0. The molecule has 0 spiro atoms. The Morgan fingerprint density at radius 1 is 1.21 bits per heavy atom. The minimum Gasteiger partial charge on any atom is -0.331 e. The van der Waals surface area contributed by atoms with Crippen LogP contribution in [0.25, 0.3) is 20.7 Å². The zero-order chi connectivity index (χ0) is 20.5. The van der Waals surface area contributed by atoms with Crippen molar-refractivity contribution < 1.29 is 9.18 Å². The Morgan fingerprint density at radius 2 is 1.90 bits per heavy atom. The molecule has 1 aliphatic heterocycles. The number of fused-ring (bicyclic) bond motifs is 1. The Kier molecular flexibility index (Phi) is 5.33. The highest BCUT2D eigenvalue weighted by Gasteiger charge is 2.23. The zero-order valence-corrected chi connectivity index (χ0v) is 17.1. The van der Waals surface area contributed by atoms with Crippen LogP contribution in [0.15, 0.2) is 35.1 Å². The van der Waals surface area contributed by atoms with E-state index in [0.29, 0.717) is 35.7 Å². The van der Waals surface area contributed by atoms with Gasteiger partial charge in [-0.05, 0) is 23.8 Å². The number of H-pyrrole nitrogens is 1. The third-order valence-electron chi connectivity index (χ3n) is 4.96. The number of amides is 2. The molecule has 3 heterocycles. The van der Waals surface area contributed by atoms with Crippen LogP contribution in [0.3, 0.4) is 0 Å². The van der Waals surface area contributed by atoms with Gasteiger partial charge in [-0.2, -0.15) is 0 Å². The Balaban J connectivity index is 1.50. The van der Waals surface area contributed by atoms with E-state index in [2.05, 4.69) is 14.9 Å². The molecule has 0 atom stereocenters. The van der Waals surface area contributed by atoms with Crippen LogP contribution < -0.4 is 5.56 Å². The Morgan fingerprint density at radius 3 is 2.55 bits per heavy atom. The molecule has 3 aromatic rings. The number of piperazine rings is 1. The van der Waals surface area contributed by atoms with Gasteiger partial charge >= 0.3 is 6.03 Å². The van der Waals surface area contributed by atoms with Gasteiger partial charge in [-0.25, -0.2) is 14.2 Å². The van der Waals surface area contributed by atoms with Crippen molar-refractivity contribution >= 4 is 27.6 Å². The number of hydrogen-bond acceptors (Lipinski definition) is 5. The minimum absolute atomic E-state index is 0.0178. The predicted molar refractivity (Wildman–Crippen MR) is 112 cm³/mol. The normalized spacial score (nSPS) is 15.1. The number of aromatic nitrogens is 2. The second-order valence-corrected chi connectivity index (χ2v) is 8.34. The van der Waals surface area contributed by atoms with Crippen molar-refractivity contribution in [1.82, 2.24) is 24.7 Å². The van der Waals surface area contributed by atoms with E-state index in [9.17, 15) is 14.0 Å². The molecule has 7 nitrogen and oxygen atoms in total. The average Bonchev–Trinajstić information content (AvgIpc) is 3.13. The first-order chi connectivity index (χ1) is 13.9. The molecule has 4 rings (SSSR count). The topological polar surface area (TPSA) is 72.5 Å². The second-order valence-electron chi connectivity index (χ2n) is 7.28. The van der Waals surface area contributed by atoms with Crippen molar-refractivity contribution in [2.45, 2.75) is 6.54 Å². The summed E-state index contributed by atoms with van der Waals surface area (Å²) >= 11 is 1.35. The molecule has 0 saturated carbocycles. The zero-order valence-electron chi connectivity index (χ0n) is 16.3. The maximum Gasteiger partial charge on any atom is 0.319 e. The Hall–Kier alpha value is -2.78. The highest BCUT2D eigenvalue weighted by atomic mass is 32.1. The molecule has 1 fully saturated rings. The smallest absolute Gasteiger partial charge is 0.319 e. The van der Waals surface area contributed by atoms with Gasteiger partial charge < -0.3 is 14.8 Å². The predicted octanol–water partition coefficient (Wildman–Crippen LogP) is 2.59. The first-order valence-corrected chi connectivity index (χ1v) is 10.2. The van der Waals surface area contributed by atoms with Crippen LogP contribution >= 0.6 is 11.3 Å². The van der Waals surface area contributed by atoms with Crippen molar-refractivity contribution in [2.24, 2.45) is 0 Å². The number of rotatable bonds is 3. The molecule has 1 aromatic carbocycles. The van der Waals surface area contributed by atoms with Gasteiger partial charge in [0.15, 0.2) is 0 Å². The Labute approximate surface area is 171 Å². The van der Waals surface area contributed by atoms with E-state index in [-0.39, 0.29) is 17.4 Å². The maximum atomic E-state index is 13.2. The SMILES string of the molecule is CN(C)C(=O)N1CCN(Cc2nc3cc(-c4ccc(F)cc4)sc3c(=O)[nH]2)CC1. The minimum atomic E-state index is -0.291. The number of nitrogens with one attached hydrogen (secondary N) is 1. The van der Waals surface area contributed by atoms with Gasteiger partial charge in [0, 0.05) is 45.2 Å². The summed E-state index contributed by atoms with van der Waals surface area (Å²) < 4.78 is 13.7. The van der Waals surface area contributed by atoms with Gasteiger partial charge in [0.25, 0.3) is 5.56 Å². The fourth-order valence-electron chi connectivity index (χ4n) is 3.41. The van der Waals surface area contributed by atoms with E-state index < -0.39 is 0 Å². The van der Waals surface area contributed by atoms with Crippen molar-refractivity contribution in [2.75, 3.05) is 40.3 Å². The highest BCUT2D eigenvalue weighted by Crippen LogP contribution is 2.30. The van der Waals surface area contributed by atoms with Gasteiger partial charge in [-0.3, -0.25) is 9.69 Å². The molecule has 1 aliphatic rings. The quantitative estimate of drug-likeness (QED) is 0.714. The standard InChI is InChI=1S/C20H22FN5O2S/c1-24(2)20(28)26-9-7-25(8-10-26)12-17-22-15-11-16(29-18(15)19(27)23-17)13-3-5-14(21)6-4-13/h3-6,11H,7-10,12H2,1-2H3,(H,22,23,27). The fraction of sp³-hybridized carbons (Fsp3) is 0.350. The van der Waals surface area contributed by atoms with Gasteiger partial charge in [0.1, 0.15) is 16.3 Å². The molecule has 0 bridgehead atoms. The molecular formula is C20H22FN5O2S. The van der Waals surface area contributed by atoms with Gasteiger partial charge in [-0.1, -0.05) is 12.1 Å². The first kappa shape index (κ1) is 19.5. The fourth-order valence-corrected chi connectivity index (χ4v) is 4.41. The molecular weight excluding hydrogens is 393 g/mol. The lowest BCUT2D eigenvalue weighted by atomic mass is 10.2. The summed E-state index contributed by atoms with van der Waals surface area (Å²) in [6, 6.07) is 8.10. The largest absolute Gasteiger partial charge is 0.331 e. The van der Waals surface area contributed by atoms with Gasteiger partial charge in [0.2, 0.25) is 0 Å². The third-order valence-corrected chi connectivity index (χ3v) is 6.13. The lowest BCUT2D eigenvalue weighted by Crippen LogP contribution is -2.51. The van der Waals surface area contributed by atoms with Crippen molar-refractivity contribution in [3.05, 3.63) is 52.3 Å². The van der Waals surface area contributed by atoms with Crippen molar-refractivity contribution in [1.29, 1.82) is 0 Å². The average molecular weight is 415 g/mol. The molecule has 9 heteroatoms. The van der Waals surface area contributed by atoms with E-state index in [1.54, 1.807) is 31.1 Å². The van der Waals surface area contributed by atoms with Gasteiger partial charge in [0.05, 0.1) is 12.1 Å². The molecule has 0 unspecified atom stereocenters. The van der Waals surface area contributed by atoms with Gasteiger partial charge in [-0.15, -0.1) is 11.3 Å². The maximum absolute atomic E-state index is 13.2. The first-order valence-electron chi connectivity index (χ1n) is 9.38. The number of hydrogen-bond donors (Lipinski definition) is 1. The molecule has 29 heavy (non-hydrogen) atoms. The van der Waals surface area contributed by atoms with Crippen molar-refractivity contribution in [3.63, 3.8) is 0 Å². The lowest BCUT2D eigenvalue weighted by molar-refractivity contribution is 0.118. The number of halogens is 1. The summed E-state index contributed by atoms with van der Waals surface area (Å²) in [5, 5.41) is 0. The number of carbonyl (C=O) groups is 1. The molecule has 1 saturated heterocycles. The van der Waals surface area contributed by atoms with E-state index in [0.717, 1.165) is 23.5 Å². The van der Waals surface area contributed by atoms with Crippen LogP contribution in [0, 0.1) is 5.82 Å². The van der Waals surface area contributed by atoms with Crippen molar-refractivity contribution in [3.8, 4) is 10.4 Å². The highest BCUT2D eigenvalue weighted by molar-refractivity contribution is 7.22. The molecule has 0 aliphatic carbocycles. The number of carbonyl (C=O) groups excluding carboxylic acids is 1. The summed E-state index contributed by atoms with van der Waals surface area (Å²) in [7, 11) is 3.50. The van der Waals surface area contributed by atoms with Crippen LogP contribution in [-0.2, 0) is 6.54 Å². The van der Waals surface area contributed by atoms with E-state index in [4.69, 9.17) is 0 Å². The molecule has 2 amide bonds. The summed E-state index contributed by atoms with van der Waals surface area (Å²) in [4.78, 5) is 38.5. The number of benzene rings is 1. The molecule has 2 aromatic heterocycles. The molecule has 1 N–H and O–H groups in total.